The topological polar surface area (TPSA) is 104 Å². The number of carbonyl (C=O) groups is 2. The fourth-order valence-electron chi connectivity index (χ4n) is 2.57. The van der Waals surface area contributed by atoms with Crippen LogP contribution in [0.25, 0.3) is 0 Å². The molecule has 0 saturated heterocycles. The normalized spacial score (nSPS) is 12.3. The van der Waals surface area contributed by atoms with Crippen molar-refractivity contribution in [2.45, 2.75) is 19.4 Å². The number of carboxylic acid groups (broad SMARTS) is 1. The minimum absolute atomic E-state index is 0.0594. The maximum absolute atomic E-state index is 13.2. The Morgan fingerprint density at radius 3 is 2.11 bits per heavy atom. The number of halogens is 1. The predicted octanol–water partition coefficient (Wildman–Crippen LogP) is 2.71. The Labute approximate surface area is 156 Å². The third-order valence-corrected chi connectivity index (χ3v) is 4.99. The van der Waals surface area contributed by atoms with Gasteiger partial charge in [0.25, 0.3) is 0 Å². The van der Waals surface area contributed by atoms with E-state index in [-0.39, 0.29) is 17.7 Å². The number of anilines is 2. The Bertz CT molecular complexity index is 927. The number of benzene rings is 2. The minimum atomic E-state index is -3.83. The molecular formula is C18H19FN2O5S. The van der Waals surface area contributed by atoms with E-state index < -0.39 is 33.8 Å². The summed E-state index contributed by atoms with van der Waals surface area (Å²) in [7, 11) is -3.83. The van der Waals surface area contributed by atoms with Crippen LogP contribution in [0.4, 0.5) is 15.8 Å². The lowest BCUT2D eigenvalue weighted by atomic mass is 10.1. The summed E-state index contributed by atoms with van der Waals surface area (Å²) >= 11 is 0. The SMILES string of the molecule is CC[C@H](C(=O)Nc1ccc(C(=O)O)cc1)N(c1ccc(F)cc1)S(C)(=O)=O. The van der Waals surface area contributed by atoms with Crippen LogP contribution >= 0.6 is 0 Å². The van der Waals surface area contributed by atoms with Crippen molar-refractivity contribution < 1.29 is 27.5 Å². The highest BCUT2D eigenvalue weighted by Gasteiger charge is 2.31. The van der Waals surface area contributed by atoms with Crippen LogP contribution < -0.4 is 9.62 Å². The molecule has 7 nitrogen and oxygen atoms in total. The number of nitrogens with zero attached hydrogens (tertiary/aromatic N) is 1. The highest BCUT2D eigenvalue weighted by atomic mass is 32.2. The lowest BCUT2D eigenvalue weighted by Crippen LogP contribution is -2.47. The van der Waals surface area contributed by atoms with Crippen molar-refractivity contribution in [1.82, 2.24) is 0 Å². The van der Waals surface area contributed by atoms with Crippen LogP contribution in [-0.4, -0.2) is 37.7 Å². The van der Waals surface area contributed by atoms with Gasteiger partial charge in [-0.1, -0.05) is 6.92 Å². The molecule has 0 spiro atoms. The van der Waals surface area contributed by atoms with Crippen LogP contribution in [0.15, 0.2) is 48.5 Å². The summed E-state index contributed by atoms with van der Waals surface area (Å²) in [6.45, 7) is 1.65. The van der Waals surface area contributed by atoms with E-state index in [4.69, 9.17) is 5.11 Å². The van der Waals surface area contributed by atoms with E-state index in [1.807, 2.05) is 0 Å². The van der Waals surface area contributed by atoms with Gasteiger partial charge >= 0.3 is 5.97 Å². The van der Waals surface area contributed by atoms with Gasteiger partial charge < -0.3 is 10.4 Å². The molecule has 2 aromatic rings. The molecule has 144 valence electrons. The summed E-state index contributed by atoms with van der Waals surface area (Å²) in [5.74, 6) is -2.21. The molecular weight excluding hydrogens is 375 g/mol. The van der Waals surface area contributed by atoms with Crippen LogP contribution in [0.5, 0.6) is 0 Å². The number of carboxylic acids is 1. The van der Waals surface area contributed by atoms with Crippen molar-refractivity contribution in [3.8, 4) is 0 Å². The molecule has 0 heterocycles. The van der Waals surface area contributed by atoms with E-state index in [0.29, 0.717) is 5.69 Å². The van der Waals surface area contributed by atoms with Gasteiger partial charge in [0, 0.05) is 5.69 Å². The average Bonchev–Trinajstić information content (AvgIpc) is 2.60. The standard InChI is InChI=1S/C18H19FN2O5S/c1-3-16(17(22)20-14-8-4-12(5-9-14)18(23)24)21(27(2,25)26)15-10-6-13(19)7-11-15/h4-11,16H,3H2,1-2H3,(H,20,22)(H,23,24)/t16-/m1/s1. The average molecular weight is 394 g/mol. The number of amides is 1. The van der Waals surface area contributed by atoms with E-state index in [1.165, 1.54) is 36.4 Å². The number of sulfonamides is 1. The van der Waals surface area contributed by atoms with Crippen LogP contribution in [-0.2, 0) is 14.8 Å². The van der Waals surface area contributed by atoms with Gasteiger partial charge in [-0.25, -0.2) is 17.6 Å². The van der Waals surface area contributed by atoms with Gasteiger partial charge in [0.1, 0.15) is 11.9 Å². The Kier molecular flexibility index (Phi) is 6.17. The summed E-state index contributed by atoms with van der Waals surface area (Å²) < 4.78 is 38.7. The van der Waals surface area contributed by atoms with E-state index in [9.17, 15) is 22.4 Å². The van der Waals surface area contributed by atoms with E-state index in [1.54, 1.807) is 6.92 Å². The number of nitrogens with one attached hydrogen (secondary N) is 1. The van der Waals surface area contributed by atoms with Crippen LogP contribution in [0, 0.1) is 5.82 Å². The Morgan fingerprint density at radius 1 is 1.11 bits per heavy atom. The molecule has 0 bridgehead atoms. The number of carbonyl (C=O) groups excluding carboxylic acids is 1. The maximum Gasteiger partial charge on any atom is 0.335 e. The minimum Gasteiger partial charge on any atom is -0.478 e. The summed E-state index contributed by atoms with van der Waals surface area (Å²) in [4.78, 5) is 23.6. The summed E-state index contributed by atoms with van der Waals surface area (Å²) in [6.07, 6.45) is 1.14. The Hall–Kier alpha value is -2.94. The van der Waals surface area contributed by atoms with E-state index in [2.05, 4.69) is 5.32 Å². The van der Waals surface area contributed by atoms with Crippen LogP contribution in [0.3, 0.4) is 0 Å². The molecule has 0 radical (unpaired) electrons. The second-order valence-corrected chi connectivity index (χ2v) is 7.69. The highest BCUT2D eigenvalue weighted by Crippen LogP contribution is 2.23. The zero-order valence-corrected chi connectivity index (χ0v) is 15.5. The first-order valence-electron chi connectivity index (χ1n) is 8.02. The van der Waals surface area contributed by atoms with Crippen molar-refractivity contribution in [3.05, 3.63) is 59.9 Å². The molecule has 0 aliphatic rings. The van der Waals surface area contributed by atoms with Crippen LogP contribution in [0.2, 0.25) is 0 Å². The smallest absolute Gasteiger partial charge is 0.335 e. The molecule has 1 amide bonds. The van der Waals surface area contributed by atoms with Crippen LogP contribution in [0.1, 0.15) is 23.7 Å². The molecule has 0 aliphatic heterocycles. The second kappa shape index (κ2) is 8.17. The quantitative estimate of drug-likeness (QED) is 0.751. The molecule has 9 heteroatoms. The van der Waals surface area contributed by atoms with Gasteiger partial charge in [0.15, 0.2) is 0 Å². The number of hydrogen-bond acceptors (Lipinski definition) is 4. The Balaban J connectivity index is 2.31. The summed E-state index contributed by atoms with van der Waals surface area (Å²) in [6, 6.07) is 9.21. The van der Waals surface area contributed by atoms with E-state index in [0.717, 1.165) is 22.7 Å². The third-order valence-electron chi connectivity index (χ3n) is 3.81. The number of aromatic carboxylic acids is 1. The lowest BCUT2D eigenvalue weighted by Gasteiger charge is -2.30. The van der Waals surface area contributed by atoms with Gasteiger partial charge in [-0.3, -0.25) is 9.10 Å². The lowest BCUT2D eigenvalue weighted by molar-refractivity contribution is -0.117. The number of hydrogen-bond donors (Lipinski definition) is 2. The zero-order valence-electron chi connectivity index (χ0n) is 14.7. The molecule has 0 fully saturated rings. The van der Waals surface area contributed by atoms with Crippen molar-refractivity contribution in [3.63, 3.8) is 0 Å². The molecule has 2 aromatic carbocycles. The molecule has 0 saturated carbocycles. The number of rotatable bonds is 7. The van der Waals surface area contributed by atoms with Gasteiger partial charge in [-0.05, 0) is 55.0 Å². The summed E-state index contributed by atoms with van der Waals surface area (Å²) in [5, 5.41) is 11.5. The third kappa shape index (κ3) is 5.04. The first kappa shape index (κ1) is 20.4. The first-order valence-corrected chi connectivity index (χ1v) is 9.87. The van der Waals surface area contributed by atoms with Gasteiger partial charge in [0.05, 0.1) is 17.5 Å². The fraction of sp³-hybridized carbons (Fsp3) is 0.222. The molecule has 2 N–H and O–H groups in total. The van der Waals surface area contributed by atoms with Crippen molar-refractivity contribution >= 4 is 33.3 Å². The van der Waals surface area contributed by atoms with Gasteiger partial charge in [-0.15, -0.1) is 0 Å². The fourth-order valence-corrected chi connectivity index (χ4v) is 3.78. The molecule has 27 heavy (non-hydrogen) atoms. The van der Waals surface area contributed by atoms with Crippen molar-refractivity contribution in [2.24, 2.45) is 0 Å². The molecule has 0 aromatic heterocycles. The molecule has 0 unspecified atom stereocenters. The van der Waals surface area contributed by atoms with Gasteiger partial charge in [-0.2, -0.15) is 0 Å². The Morgan fingerprint density at radius 2 is 1.67 bits per heavy atom. The predicted molar refractivity (Wildman–Crippen MR) is 99.8 cm³/mol. The van der Waals surface area contributed by atoms with Crippen molar-refractivity contribution in [2.75, 3.05) is 15.9 Å². The molecule has 1 atom stereocenters. The first-order chi connectivity index (χ1) is 12.6. The van der Waals surface area contributed by atoms with Gasteiger partial charge in [0.2, 0.25) is 15.9 Å². The summed E-state index contributed by atoms with van der Waals surface area (Å²) in [5.41, 5.74) is 0.558. The largest absolute Gasteiger partial charge is 0.478 e. The molecule has 2 rings (SSSR count). The monoisotopic (exact) mass is 394 g/mol. The second-order valence-electron chi connectivity index (χ2n) is 5.83. The van der Waals surface area contributed by atoms with E-state index >= 15 is 0 Å². The van der Waals surface area contributed by atoms with Crippen molar-refractivity contribution in [1.29, 1.82) is 0 Å². The molecule has 0 aliphatic carbocycles. The zero-order chi connectivity index (χ0) is 20.2. The highest BCUT2D eigenvalue weighted by molar-refractivity contribution is 7.92. The maximum atomic E-state index is 13.2.